The number of nitrogens with zero attached hydrogens (tertiary/aromatic N) is 1. The van der Waals surface area contributed by atoms with Crippen molar-refractivity contribution in [2.75, 3.05) is 32.8 Å². The van der Waals surface area contributed by atoms with E-state index in [1.165, 1.54) is 11.1 Å². The number of rotatable bonds is 4. The smallest absolute Gasteiger partial charge is 0.0449 e. The second-order valence-corrected chi connectivity index (χ2v) is 5.68. The summed E-state index contributed by atoms with van der Waals surface area (Å²) >= 11 is 3.60. The summed E-state index contributed by atoms with van der Waals surface area (Å²) in [6, 6.07) is 6.85. The number of aryl methyl sites for hydroxylation is 1. The van der Waals surface area contributed by atoms with Crippen LogP contribution in [0.25, 0.3) is 0 Å². The van der Waals surface area contributed by atoms with Gasteiger partial charge in [-0.2, -0.15) is 0 Å². The first-order valence-corrected chi connectivity index (χ1v) is 7.33. The van der Waals surface area contributed by atoms with Gasteiger partial charge in [-0.25, -0.2) is 0 Å². The molecular weight excluding hydrogens is 292 g/mol. The summed E-state index contributed by atoms with van der Waals surface area (Å²) in [7, 11) is 0. The second-order valence-electron chi connectivity index (χ2n) is 4.82. The summed E-state index contributed by atoms with van der Waals surface area (Å²) in [6.07, 6.45) is 0.801. The molecule has 1 aliphatic heterocycles. The topological polar surface area (TPSA) is 35.5 Å². The molecule has 4 heteroatoms. The number of piperazine rings is 1. The second kappa shape index (κ2) is 6.66. The Balaban J connectivity index is 2.19. The fourth-order valence-electron chi connectivity index (χ4n) is 2.49. The molecule has 1 atom stereocenters. The summed E-state index contributed by atoms with van der Waals surface area (Å²) < 4.78 is 1.15. The molecule has 3 nitrogen and oxygen atoms in total. The molecule has 1 fully saturated rings. The number of aliphatic hydroxyl groups is 1. The van der Waals surface area contributed by atoms with Crippen LogP contribution >= 0.6 is 15.9 Å². The number of hydrogen-bond acceptors (Lipinski definition) is 3. The Morgan fingerprint density at radius 3 is 2.72 bits per heavy atom. The lowest BCUT2D eigenvalue weighted by Crippen LogP contribution is -2.45. The molecule has 1 aliphatic rings. The number of nitrogens with one attached hydrogen (secondary N) is 1. The fourth-order valence-corrected chi connectivity index (χ4v) is 2.89. The van der Waals surface area contributed by atoms with E-state index >= 15 is 0 Å². The number of aliphatic hydroxyl groups excluding tert-OH is 1. The highest BCUT2D eigenvalue weighted by molar-refractivity contribution is 9.10. The maximum Gasteiger partial charge on any atom is 0.0449 e. The van der Waals surface area contributed by atoms with Crippen LogP contribution in [-0.2, 0) is 0 Å². The standard InChI is InChI=1S/C14H21BrN2O/c1-11-2-3-12(10-13(11)15)14(4-9-18)17-7-5-16-6-8-17/h2-3,10,14,16,18H,4-9H2,1H3/t14-/m0/s1. The maximum atomic E-state index is 9.30. The molecule has 2 N–H and O–H groups in total. The predicted molar refractivity (Wildman–Crippen MR) is 77.8 cm³/mol. The first-order chi connectivity index (χ1) is 8.72. The van der Waals surface area contributed by atoms with Crippen LogP contribution in [0.3, 0.4) is 0 Å². The minimum atomic E-state index is 0.236. The van der Waals surface area contributed by atoms with Crippen molar-refractivity contribution in [1.29, 1.82) is 0 Å². The Morgan fingerprint density at radius 2 is 2.11 bits per heavy atom. The van der Waals surface area contributed by atoms with E-state index in [0.29, 0.717) is 6.04 Å². The summed E-state index contributed by atoms with van der Waals surface area (Å²) in [5.41, 5.74) is 2.55. The van der Waals surface area contributed by atoms with E-state index in [1.54, 1.807) is 0 Å². The molecule has 0 saturated carbocycles. The first-order valence-electron chi connectivity index (χ1n) is 6.54. The van der Waals surface area contributed by atoms with Crippen LogP contribution in [0.2, 0.25) is 0 Å². The van der Waals surface area contributed by atoms with Gasteiger partial charge in [-0.1, -0.05) is 28.1 Å². The maximum absolute atomic E-state index is 9.30. The molecule has 0 spiro atoms. The van der Waals surface area contributed by atoms with Crippen LogP contribution in [0.1, 0.15) is 23.6 Å². The summed E-state index contributed by atoms with van der Waals surface area (Å²) in [4.78, 5) is 2.46. The predicted octanol–water partition coefficient (Wildman–Crippen LogP) is 2.09. The Hall–Kier alpha value is -0.420. The monoisotopic (exact) mass is 312 g/mol. The van der Waals surface area contributed by atoms with E-state index in [2.05, 4.69) is 51.3 Å². The van der Waals surface area contributed by atoms with Crippen molar-refractivity contribution in [2.45, 2.75) is 19.4 Å². The van der Waals surface area contributed by atoms with Crippen molar-refractivity contribution in [2.24, 2.45) is 0 Å². The average molecular weight is 313 g/mol. The van der Waals surface area contributed by atoms with Gasteiger partial charge in [0.25, 0.3) is 0 Å². The number of hydrogen-bond donors (Lipinski definition) is 2. The van der Waals surface area contributed by atoms with Crippen LogP contribution in [0.5, 0.6) is 0 Å². The highest BCUT2D eigenvalue weighted by Crippen LogP contribution is 2.28. The molecule has 0 bridgehead atoms. The zero-order valence-electron chi connectivity index (χ0n) is 10.8. The van der Waals surface area contributed by atoms with Gasteiger partial charge in [0.15, 0.2) is 0 Å². The molecule has 0 amide bonds. The first kappa shape index (κ1) is 14.0. The van der Waals surface area contributed by atoms with Gasteiger partial charge >= 0.3 is 0 Å². The van der Waals surface area contributed by atoms with Crippen LogP contribution in [0.4, 0.5) is 0 Å². The molecule has 0 aliphatic carbocycles. The van der Waals surface area contributed by atoms with Gasteiger partial charge in [0, 0.05) is 43.3 Å². The summed E-state index contributed by atoms with van der Waals surface area (Å²) in [5, 5.41) is 12.7. The van der Waals surface area contributed by atoms with Crippen LogP contribution < -0.4 is 5.32 Å². The minimum Gasteiger partial charge on any atom is -0.396 e. The van der Waals surface area contributed by atoms with Crippen molar-refractivity contribution in [3.05, 3.63) is 33.8 Å². The van der Waals surface area contributed by atoms with Gasteiger partial charge in [-0.3, -0.25) is 4.90 Å². The molecule has 1 aromatic rings. The largest absolute Gasteiger partial charge is 0.396 e. The van der Waals surface area contributed by atoms with Crippen molar-refractivity contribution < 1.29 is 5.11 Å². The molecule has 0 radical (unpaired) electrons. The Kier molecular flexibility index (Phi) is 5.18. The lowest BCUT2D eigenvalue weighted by Gasteiger charge is -2.35. The molecule has 0 aromatic heterocycles. The molecule has 1 aromatic carbocycles. The van der Waals surface area contributed by atoms with Crippen molar-refractivity contribution in [3.63, 3.8) is 0 Å². The van der Waals surface area contributed by atoms with E-state index < -0.39 is 0 Å². The third-order valence-electron chi connectivity index (χ3n) is 3.58. The highest BCUT2D eigenvalue weighted by Gasteiger charge is 2.21. The third kappa shape index (κ3) is 3.32. The van der Waals surface area contributed by atoms with Gasteiger partial charge in [0.1, 0.15) is 0 Å². The van der Waals surface area contributed by atoms with Crippen molar-refractivity contribution in [3.8, 4) is 0 Å². The molecule has 100 valence electrons. The quantitative estimate of drug-likeness (QED) is 0.893. The van der Waals surface area contributed by atoms with E-state index in [-0.39, 0.29) is 6.61 Å². The van der Waals surface area contributed by atoms with Gasteiger partial charge in [-0.05, 0) is 30.5 Å². The Morgan fingerprint density at radius 1 is 1.39 bits per heavy atom. The molecule has 2 rings (SSSR count). The van der Waals surface area contributed by atoms with Gasteiger partial charge in [-0.15, -0.1) is 0 Å². The normalized spacial score (nSPS) is 18.8. The van der Waals surface area contributed by atoms with Gasteiger partial charge < -0.3 is 10.4 Å². The molecule has 0 unspecified atom stereocenters. The summed E-state index contributed by atoms with van der Waals surface area (Å²) in [6.45, 7) is 6.51. The number of halogens is 1. The van der Waals surface area contributed by atoms with E-state index in [9.17, 15) is 5.11 Å². The lowest BCUT2D eigenvalue weighted by atomic mass is 10.0. The van der Waals surface area contributed by atoms with E-state index in [1.807, 2.05) is 0 Å². The average Bonchev–Trinajstić information content (AvgIpc) is 2.40. The highest BCUT2D eigenvalue weighted by atomic mass is 79.9. The molecule has 18 heavy (non-hydrogen) atoms. The SMILES string of the molecule is Cc1ccc([C@H](CCO)N2CCNCC2)cc1Br. The Labute approximate surface area is 117 Å². The molecule has 1 heterocycles. The zero-order chi connectivity index (χ0) is 13.0. The summed E-state index contributed by atoms with van der Waals surface area (Å²) in [5.74, 6) is 0. The van der Waals surface area contributed by atoms with Crippen LogP contribution in [0.15, 0.2) is 22.7 Å². The minimum absolute atomic E-state index is 0.236. The number of benzene rings is 1. The third-order valence-corrected chi connectivity index (χ3v) is 4.43. The van der Waals surface area contributed by atoms with Crippen molar-refractivity contribution >= 4 is 15.9 Å². The molecule has 1 saturated heterocycles. The van der Waals surface area contributed by atoms with Gasteiger partial charge in [0.05, 0.1) is 0 Å². The zero-order valence-corrected chi connectivity index (χ0v) is 12.4. The van der Waals surface area contributed by atoms with Crippen molar-refractivity contribution in [1.82, 2.24) is 10.2 Å². The Bertz CT molecular complexity index is 391. The molecular formula is C14H21BrN2O. The van der Waals surface area contributed by atoms with Gasteiger partial charge in [0.2, 0.25) is 0 Å². The van der Waals surface area contributed by atoms with Crippen LogP contribution in [0, 0.1) is 6.92 Å². The van der Waals surface area contributed by atoms with E-state index in [4.69, 9.17) is 0 Å². The van der Waals surface area contributed by atoms with E-state index in [0.717, 1.165) is 37.1 Å². The fraction of sp³-hybridized carbons (Fsp3) is 0.571. The van der Waals surface area contributed by atoms with Crippen LogP contribution in [-0.4, -0.2) is 42.8 Å². The lowest BCUT2D eigenvalue weighted by molar-refractivity contribution is 0.141.